The number of fused-ring (bicyclic) bond motifs is 2. The molecule has 20 heteroatoms. The van der Waals surface area contributed by atoms with E-state index in [0.717, 1.165) is 56.5 Å². The summed E-state index contributed by atoms with van der Waals surface area (Å²) in [5.74, 6) is -2.01. The van der Waals surface area contributed by atoms with Gasteiger partial charge in [-0.05, 0) is 61.4 Å². The quantitative estimate of drug-likeness (QED) is 0.0231. The second-order valence-electron chi connectivity index (χ2n) is 14.5. The highest BCUT2D eigenvalue weighted by atomic mass is 32.2. The van der Waals surface area contributed by atoms with Gasteiger partial charge in [-0.25, -0.2) is 0 Å². The molecule has 1 aliphatic heterocycles. The summed E-state index contributed by atoms with van der Waals surface area (Å²) in [4.78, 5) is 64.2. The summed E-state index contributed by atoms with van der Waals surface area (Å²) < 4.78 is 69.9. The Morgan fingerprint density at radius 3 is 1.95 bits per heavy atom. The average Bonchev–Trinajstić information content (AvgIpc) is 3.54. The zero-order chi connectivity index (χ0) is 44.1. The number of hydrogen-bond acceptors (Lipinski definition) is 14. The summed E-state index contributed by atoms with van der Waals surface area (Å²) in [5, 5.41) is 13.7. The fraction of sp³-hybridized carbons (Fsp3) is 0.293. The first-order chi connectivity index (χ1) is 28.9. The van der Waals surface area contributed by atoms with Gasteiger partial charge in [0.2, 0.25) is 17.7 Å². The minimum atomic E-state index is -5.05. The number of imide groups is 1. The van der Waals surface area contributed by atoms with Gasteiger partial charge in [-0.15, -0.1) is 0 Å². The Morgan fingerprint density at radius 1 is 0.738 bits per heavy atom. The molecule has 0 spiro atoms. The van der Waals surface area contributed by atoms with E-state index in [1.54, 1.807) is 12.1 Å². The van der Waals surface area contributed by atoms with E-state index in [4.69, 9.17) is 5.73 Å². The predicted molar refractivity (Wildman–Crippen MR) is 224 cm³/mol. The van der Waals surface area contributed by atoms with Crippen molar-refractivity contribution < 1.29 is 49.9 Å². The first kappa shape index (κ1) is 44.2. The molecule has 320 valence electrons. The molecule has 1 saturated heterocycles. The maximum absolute atomic E-state index is 13.7. The molecule has 1 fully saturated rings. The fourth-order valence-corrected chi connectivity index (χ4v) is 8.41. The van der Waals surface area contributed by atoms with Gasteiger partial charge in [0.05, 0.1) is 39.6 Å². The van der Waals surface area contributed by atoms with Crippen LogP contribution in [0.4, 0.5) is 34.1 Å². The van der Waals surface area contributed by atoms with Gasteiger partial charge in [0.1, 0.15) is 9.79 Å². The summed E-state index contributed by atoms with van der Waals surface area (Å²) in [7, 11) is -8.09. The number of carbonyl (C=O) groups excluding carboxylic acids is 5. The number of nitrogen functional groups attached to an aromatic ring is 1. The number of nitrogens with zero attached hydrogens (tertiary/aromatic N) is 4. The van der Waals surface area contributed by atoms with Crippen LogP contribution < -0.4 is 21.3 Å². The highest BCUT2D eigenvalue weighted by molar-refractivity contribution is 7.86. The zero-order valence-electron chi connectivity index (χ0n) is 33.0. The highest BCUT2D eigenvalue weighted by Gasteiger charge is 2.37. The van der Waals surface area contributed by atoms with Crippen LogP contribution in [0.3, 0.4) is 0 Å². The number of hydrogen-bond donors (Lipinski definition) is 5. The second kappa shape index (κ2) is 18.5. The Kier molecular flexibility index (Phi) is 13.4. The summed E-state index contributed by atoms with van der Waals surface area (Å²) in [6.07, 6.45) is 5.34. The van der Waals surface area contributed by atoms with Crippen LogP contribution in [-0.2, 0) is 34.6 Å². The molecule has 18 nitrogen and oxygen atoms in total. The average molecular weight is 874 g/mol. The Morgan fingerprint density at radius 2 is 1.31 bits per heavy atom. The fourth-order valence-electron chi connectivity index (χ4n) is 7.09. The number of nitrogens with one attached hydrogen (secondary N) is 2. The molecule has 61 heavy (non-hydrogen) atoms. The molecule has 6 N–H and O–H groups in total. The van der Waals surface area contributed by atoms with Crippen LogP contribution in [0.5, 0.6) is 0 Å². The molecular weight excluding hydrogens is 831 g/mol. The van der Waals surface area contributed by atoms with E-state index in [0.29, 0.717) is 12.1 Å². The lowest BCUT2D eigenvalue weighted by Gasteiger charge is -2.24. The molecule has 3 amide bonds. The van der Waals surface area contributed by atoms with E-state index in [9.17, 15) is 49.9 Å². The van der Waals surface area contributed by atoms with Crippen LogP contribution in [0.15, 0.2) is 92.8 Å². The van der Waals surface area contributed by atoms with E-state index in [-0.39, 0.29) is 77.4 Å². The molecule has 4 aromatic carbocycles. The standard InChI is InChI=1S/C41H43N7O11S2/c1-47(21-8-4-2-3-5-11-34(49)43-20-22-48-35(50)18-19-36(48)51)27-15-12-25(13-16-27)45-46-26-14-17-30(32(23-26)60(54,55)56)44-31-24-33(61(57,58)59)39(42)38-37(31)40(52)28-9-6-7-10-29(28)41(38)53/h6-7,9-10,12-17,23-24,44H,2-5,8,11,18-22,42H2,1H3,(H,43,49)(H,54,55,56)(H,57,58,59)/b46-45+. The van der Waals surface area contributed by atoms with Gasteiger partial charge in [-0.1, -0.05) is 43.5 Å². The van der Waals surface area contributed by atoms with Crippen molar-refractivity contribution >= 4 is 83.6 Å². The summed E-state index contributed by atoms with van der Waals surface area (Å²) in [6.45, 7) is 1.24. The third-order valence-corrected chi connectivity index (χ3v) is 12.1. The van der Waals surface area contributed by atoms with Crippen molar-refractivity contribution in [2.75, 3.05) is 42.6 Å². The van der Waals surface area contributed by atoms with Gasteiger partial charge >= 0.3 is 0 Å². The third-order valence-electron chi connectivity index (χ3n) is 10.3. The lowest BCUT2D eigenvalue weighted by molar-refractivity contribution is -0.138. The molecule has 0 radical (unpaired) electrons. The number of carbonyl (C=O) groups is 5. The van der Waals surface area contributed by atoms with Crippen molar-refractivity contribution in [2.24, 2.45) is 10.2 Å². The zero-order valence-corrected chi connectivity index (χ0v) is 34.6. The van der Waals surface area contributed by atoms with E-state index in [1.807, 2.05) is 19.2 Å². The number of likely N-dealkylation sites (tertiary alicyclic amines) is 1. The van der Waals surface area contributed by atoms with E-state index >= 15 is 0 Å². The Balaban J connectivity index is 1.05. The van der Waals surface area contributed by atoms with Gasteiger partial charge in [0.25, 0.3) is 20.2 Å². The lowest BCUT2D eigenvalue weighted by atomic mass is 9.82. The molecule has 6 rings (SSSR count). The van der Waals surface area contributed by atoms with E-state index in [1.165, 1.54) is 41.3 Å². The van der Waals surface area contributed by atoms with E-state index in [2.05, 4.69) is 25.8 Å². The van der Waals surface area contributed by atoms with Crippen molar-refractivity contribution in [1.82, 2.24) is 10.2 Å². The van der Waals surface area contributed by atoms with Crippen molar-refractivity contribution in [1.29, 1.82) is 0 Å². The molecule has 0 atom stereocenters. The van der Waals surface area contributed by atoms with Crippen molar-refractivity contribution in [2.45, 2.75) is 61.2 Å². The minimum Gasteiger partial charge on any atom is -0.397 e. The second-order valence-corrected chi connectivity index (χ2v) is 17.3. The Bertz CT molecular complexity index is 2650. The topological polar surface area (TPSA) is 275 Å². The number of amides is 3. The summed E-state index contributed by atoms with van der Waals surface area (Å²) in [5.41, 5.74) is 5.09. The Hall–Kier alpha value is -6.35. The maximum atomic E-state index is 13.7. The number of rotatable bonds is 18. The molecular formula is C41H43N7O11S2. The van der Waals surface area contributed by atoms with Crippen LogP contribution in [-0.4, -0.2) is 86.8 Å². The molecule has 1 heterocycles. The predicted octanol–water partition coefficient (Wildman–Crippen LogP) is 5.74. The summed E-state index contributed by atoms with van der Waals surface area (Å²) in [6, 6.07) is 17.2. The highest BCUT2D eigenvalue weighted by Crippen LogP contribution is 2.41. The number of nitrogens with two attached hydrogens (primary N) is 1. The monoisotopic (exact) mass is 873 g/mol. The Labute approximate surface area is 351 Å². The van der Waals surface area contributed by atoms with Crippen molar-refractivity contribution in [3.05, 3.63) is 95.1 Å². The van der Waals surface area contributed by atoms with Crippen LogP contribution in [0.1, 0.15) is 83.2 Å². The number of azo groups is 1. The molecule has 0 bridgehead atoms. The number of anilines is 4. The smallest absolute Gasteiger partial charge is 0.296 e. The number of benzene rings is 4. The first-order valence-electron chi connectivity index (χ1n) is 19.3. The van der Waals surface area contributed by atoms with Crippen molar-refractivity contribution in [3.8, 4) is 0 Å². The third kappa shape index (κ3) is 10.3. The molecule has 0 saturated carbocycles. The van der Waals surface area contributed by atoms with E-state index < -0.39 is 52.8 Å². The normalized spacial score (nSPS) is 14.0. The van der Waals surface area contributed by atoms with Crippen LogP contribution >= 0.6 is 0 Å². The molecule has 4 aromatic rings. The van der Waals surface area contributed by atoms with Crippen LogP contribution in [0.2, 0.25) is 0 Å². The lowest BCUT2D eigenvalue weighted by Crippen LogP contribution is -2.37. The molecule has 2 aliphatic rings. The van der Waals surface area contributed by atoms with Gasteiger partial charge in [-0.3, -0.25) is 38.0 Å². The SMILES string of the molecule is CN(CCCCCCCC(=O)NCCN1C(=O)CCC1=O)c1ccc(/N=N/c2ccc(Nc3cc(S(=O)(=O)O)c(N)c4c3C(=O)c3ccccc3C4=O)c(S(=O)(=O)O)c2)cc1. The number of ketones is 2. The van der Waals surface area contributed by atoms with Gasteiger partial charge < -0.3 is 21.3 Å². The largest absolute Gasteiger partial charge is 0.397 e. The molecule has 1 aliphatic carbocycles. The molecule has 0 unspecified atom stereocenters. The maximum Gasteiger partial charge on any atom is 0.296 e. The van der Waals surface area contributed by atoms with Gasteiger partial charge in [0, 0.05) is 62.8 Å². The molecule has 0 aromatic heterocycles. The minimum absolute atomic E-state index is 0.00559. The van der Waals surface area contributed by atoms with Crippen molar-refractivity contribution in [3.63, 3.8) is 0 Å². The van der Waals surface area contributed by atoms with Crippen LogP contribution in [0.25, 0.3) is 0 Å². The van der Waals surface area contributed by atoms with Gasteiger partial charge in [-0.2, -0.15) is 27.1 Å². The van der Waals surface area contributed by atoms with Crippen LogP contribution in [0, 0.1) is 0 Å². The number of unbranched alkanes of at least 4 members (excludes halogenated alkanes) is 4. The summed E-state index contributed by atoms with van der Waals surface area (Å²) >= 11 is 0. The first-order valence-corrected chi connectivity index (χ1v) is 22.2. The van der Waals surface area contributed by atoms with Gasteiger partial charge in [0.15, 0.2) is 11.6 Å².